The third-order valence-electron chi connectivity index (χ3n) is 4.53. The first-order valence-corrected chi connectivity index (χ1v) is 8.39. The minimum absolute atomic E-state index is 0.0175. The normalized spacial score (nSPS) is 22.4. The molecule has 1 aromatic carbocycles. The Morgan fingerprint density at radius 3 is 2.71 bits per heavy atom. The van der Waals surface area contributed by atoms with E-state index in [0.29, 0.717) is 12.5 Å². The summed E-state index contributed by atoms with van der Waals surface area (Å²) in [5.41, 5.74) is 3.96. The van der Waals surface area contributed by atoms with E-state index >= 15 is 0 Å². The topological polar surface area (TPSA) is 78.4 Å². The van der Waals surface area contributed by atoms with E-state index < -0.39 is 6.10 Å². The van der Waals surface area contributed by atoms with Crippen molar-refractivity contribution in [2.24, 2.45) is 5.92 Å². The minimum Gasteiger partial charge on any atom is -0.384 e. The molecule has 0 bridgehead atoms. The third kappa shape index (κ3) is 3.33. The molecule has 0 saturated carbocycles. The van der Waals surface area contributed by atoms with Gasteiger partial charge in [-0.3, -0.25) is 14.8 Å². The van der Waals surface area contributed by atoms with Gasteiger partial charge in [-0.25, -0.2) is 0 Å². The van der Waals surface area contributed by atoms with E-state index in [9.17, 15) is 9.90 Å². The molecule has 2 heterocycles. The van der Waals surface area contributed by atoms with Crippen LogP contribution in [0.5, 0.6) is 0 Å². The van der Waals surface area contributed by atoms with Gasteiger partial charge in [-0.15, -0.1) is 0 Å². The number of aryl methyl sites for hydroxylation is 1. The Morgan fingerprint density at radius 2 is 2.00 bits per heavy atom. The zero-order valence-electron chi connectivity index (χ0n) is 14.4. The number of fused-ring (bicyclic) bond motifs is 1. The number of piperidine rings is 1. The first-order chi connectivity index (χ1) is 11.5. The van der Waals surface area contributed by atoms with E-state index in [1.165, 1.54) is 6.92 Å². The van der Waals surface area contributed by atoms with Crippen LogP contribution in [0.15, 0.2) is 24.5 Å². The molecule has 1 unspecified atom stereocenters. The lowest BCUT2D eigenvalue weighted by molar-refractivity contribution is -0.129. The first-order valence-electron chi connectivity index (χ1n) is 8.39. The molecule has 6 heteroatoms. The van der Waals surface area contributed by atoms with Gasteiger partial charge in [0, 0.05) is 31.5 Å². The molecule has 0 aliphatic carbocycles. The van der Waals surface area contributed by atoms with Gasteiger partial charge in [0.05, 0.1) is 11.2 Å². The number of carbonyl (C=O) groups is 1. The van der Waals surface area contributed by atoms with Crippen LogP contribution in [0.1, 0.15) is 25.8 Å². The van der Waals surface area contributed by atoms with Gasteiger partial charge in [-0.1, -0.05) is 13.0 Å². The molecule has 6 nitrogen and oxygen atoms in total. The maximum absolute atomic E-state index is 11.8. The third-order valence-corrected chi connectivity index (χ3v) is 4.53. The van der Waals surface area contributed by atoms with Gasteiger partial charge in [0.15, 0.2) is 0 Å². The summed E-state index contributed by atoms with van der Waals surface area (Å²) in [6, 6.07) is 4.16. The van der Waals surface area contributed by atoms with Crippen molar-refractivity contribution in [2.45, 2.75) is 39.3 Å². The fourth-order valence-corrected chi connectivity index (χ4v) is 3.41. The number of aliphatic hydroxyl groups excluding tert-OH is 1. The second-order valence-electron chi connectivity index (χ2n) is 6.78. The molecule has 1 saturated heterocycles. The molecule has 128 valence electrons. The number of nitrogens with one attached hydrogen (secondary N) is 1. The summed E-state index contributed by atoms with van der Waals surface area (Å²) in [7, 11) is 0. The molecule has 1 fully saturated rings. The quantitative estimate of drug-likeness (QED) is 0.896. The number of anilines is 1. The molecule has 3 atom stereocenters. The zero-order chi connectivity index (χ0) is 17.3. The van der Waals surface area contributed by atoms with Crippen LogP contribution >= 0.6 is 0 Å². The highest BCUT2D eigenvalue weighted by atomic mass is 16.3. The van der Waals surface area contributed by atoms with Crippen LogP contribution in [0.25, 0.3) is 11.0 Å². The highest BCUT2D eigenvalue weighted by molar-refractivity contribution is 5.90. The lowest BCUT2D eigenvalue weighted by Crippen LogP contribution is -2.52. The van der Waals surface area contributed by atoms with Crippen LogP contribution < -0.4 is 10.2 Å². The number of benzene rings is 1. The molecule has 2 aromatic rings. The first kappa shape index (κ1) is 16.6. The minimum atomic E-state index is -0.984. The molecule has 1 aromatic heterocycles. The van der Waals surface area contributed by atoms with Crippen LogP contribution in [0.2, 0.25) is 0 Å². The van der Waals surface area contributed by atoms with E-state index in [-0.39, 0.29) is 11.9 Å². The number of aliphatic hydroxyl groups is 1. The maximum atomic E-state index is 11.8. The Morgan fingerprint density at radius 1 is 1.29 bits per heavy atom. The standard InChI is InChI=1S/C18H24N4O2/c1-11-8-14(21-18(24)13(3)23)10-22(9-11)15-5-4-12(2)16-17(15)20-7-6-19-16/h4-7,11,13-14,23H,8-10H2,1-3H3,(H,21,24)/t11-,13?,14+/m0/s1. The number of amides is 1. The van der Waals surface area contributed by atoms with Gasteiger partial charge in [0.1, 0.15) is 11.6 Å². The van der Waals surface area contributed by atoms with Crippen molar-refractivity contribution in [1.82, 2.24) is 15.3 Å². The predicted molar refractivity (Wildman–Crippen MR) is 93.9 cm³/mol. The molecule has 3 rings (SSSR count). The van der Waals surface area contributed by atoms with Crippen LogP contribution in [0, 0.1) is 12.8 Å². The van der Waals surface area contributed by atoms with Crippen molar-refractivity contribution in [1.29, 1.82) is 0 Å². The summed E-state index contributed by atoms with van der Waals surface area (Å²) in [6.45, 7) is 7.32. The molecule has 0 radical (unpaired) electrons. The molecular weight excluding hydrogens is 304 g/mol. The van der Waals surface area contributed by atoms with Gasteiger partial charge in [0.2, 0.25) is 5.91 Å². The summed E-state index contributed by atoms with van der Waals surface area (Å²) >= 11 is 0. The molecule has 1 aliphatic rings. The van der Waals surface area contributed by atoms with Crippen molar-refractivity contribution in [3.63, 3.8) is 0 Å². The van der Waals surface area contributed by atoms with Crippen molar-refractivity contribution < 1.29 is 9.90 Å². The molecular formula is C18H24N4O2. The van der Waals surface area contributed by atoms with E-state index in [0.717, 1.165) is 35.2 Å². The van der Waals surface area contributed by atoms with Crippen molar-refractivity contribution in [3.05, 3.63) is 30.1 Å². The second-order valence-corrected chi connectivity index (χ2v) is 6.78. The van der Waals surface area contributed by atoms with Crippen LogP contribution in [-0.4, -0.2) is 46.2 Å². The number of nitrogens with zero attached hydrogens (tertiary/aromatic N) is 3. The summed E-state index contributed by atoms with van der Waals surface area (Å²) in [5.74, 6) is 0.119. The van der Waals surface area contributed by atoms with E-state index in [4.69, 9.17) is 0 Å². The van der Waals surface area contributed by atoms with Crippen molar-refractivity contribution in [3.8, 4) is 0 Å². The number of aromatic nitrogens is 2. The highest BCUT2D eigenvalue weighted by Gasteiger charge is 2.28. The summed E-state index contributed by atoms with van der Waals surface area (Å²) in [6.07, 6.45) is 3.35. The Labute approximate surface area is 141 Å². The van der Waals surface area contributed by atoms with Crippen molar-refractivity contribution in [2.75, 3.05) is 18.0 Å². The van der Waals surface area contributed by atoms with Gasteiger partial charge in [0.25, 0.3) is 0 Å². The summed E-state index contributed by atoms with van der Waals surface area (Å²) in [5, 5.41) is 12.4. The number of hydrogen-bond acceptors (Lipinski definition) is 5. The Bertz CT molecular complexity index is 747. The molecule has 0 spiro atoms. The Kier molecular flexibility index (Phi) is 4.66. The Balaban J connectivity index is 1.89. The molecule has 2 N–H and O–H groups in total. The predicted octanol–water partition coefficient (Wildman–Crippen LogP) is 1.65. The smallest absolute Gasteiger partial charge is 0.248 e. The fourth-order valence-electron chi connectivity index (χ4n) is 3.41. The highest BCUT2D eigenvalue weighted by Crippen LogP contribution is 2.29. The maximum Gasteiger partial charge on any atom is 0.248 e. The van der Waals surface area contributed by atoms with E-state index in [1.54, 1.807) is 12.4 Å². The average molecular weight is 328 g/mol. The number of rotatable bonds is 3. The van der Waals surface area contributed by atoms with Crippen LogP contribution in [0.4, 0.5) is 5.69 Å². The van der Waals surface area contributed by atoms with Gasteiger partial charge in [-0.05, 0) is 37.8 Å². The van der Waals surface area contributed by atoms with Gasteiger partial charge >= 0.3 is 0 Å². The van der Waals surface area contributed by atoms with E-state index in [2.05, 4.69) is 39.2 Å². The molecule has 24 heavy (non-hydrogen) atoms. The zero-order valence-corrected chi connectivity index (χ0v) is 14.4. The lowest BCUT2D eigenvalue weighted by Gasteiger charge is -2.38. The lowest BCUT2D eigenvalue weighted by atomic mass is 9.95. The number of hydrogen-bond donors (Lipinski definition) is 2. The van der Waals surface area contributed by atoms with Gasteiger partial charge < -0.3 is 15.3 Å². The Hall–Kier alpha value is -2.21. The van der Waals surface area contributed by atoms with Crippen LogP contribution in [-0.2, 0) is 4.79 Å². The van der Waals surface area contributed by atoms with Crippen molar-refractivity contribution >= 4 is 22.6 Å². The summed E-state index contributed by atoms with van der Waals surface area (Å²) in [4.78, 5) is 23.1. The fraction of sp³-hybridized carbons (Fsp3) is 0.500. The SMILES string of the molecule is Cc1ccc(N2C[C@@H](C)C[C@@H](NC(=O)C(C)O)C2)c2nccnc12. The second kappa shape index (κ2) is 6.73. The van der Waals surface area contributed by atoms with Crippen LogP contribution in [0.3, 0.4) is 0 Å². The van der Waals surface area contributed by atoms with Gasteiger partial charge in [-0.2, -0.15) is 0 Å². The summed E-state index contributed by atoms with van der Waals surface area (Å²) < 4.78 is 0. The monoisotopic (exact) mass is 328 g/mol. The molecule has 1 amide bonds. The van der Waals surface area contributed by atoms with E-state index in [1.807, 2.05) is 6.92 Å². The molecule has 1 aliphatic heterocycles. The number of carbonyl (C=O) groups excluding carboxylic acids is 1. The largest absolute Gasteiger partial charge is 0.384 e. The average Bonchev–Trinajstić information content (AvgIpc) is 2.54.